The number of halogens is 1. The van der Waals surface area contributed by atoms with Gasteiger partial charge in [-0.25, -0.2) is 12.8 Å². The Morgan fingerprint density at radius 2 is 1.19 bits per heavy atom. The van der Waals surface area contributed by atoms with E-state index in [2.05, 4.69) is 10.6 Å². The Bertz CT molecular complexity index is 1390. The zero-order chi connectivity index (χ0) is 26.0. The van der Waals surface area contributed by atoms with Crippen LogP contribution in [0, 0.1) is 5.82 Å². The molecule has 2 amide bonds. The van der Waals surface area contributed by atoms with Gasteiger partial charge in [0.2, 0.25) is 35.4 Å². The summed E-state index contributed by atoms with van der Waals surface area (Å²) in [4.78, 5) is 25.3. The van der Waals surface area contributed by atoms with Crippen molar-refractivity contribution in [1.29, 1.82) is 0 Å². The fraction of sp³-hybridized carbons (Fsp3) is 0.167. The second-order valence-corrected chi connectivity index (χ2v) is 9.90. The third-order valence-electron chi connectivity index (χ3n) is 5.40. The first-order valence-electron chi connectivity index (χ1n) is 10.9. The van der Waals surface area contributed by atoms with E-state index >= 15 is 0 Å². The molecule has 37 heavy (non-hydrogen) atoms. The first kappa shape index (κ1) is 24.3. The Hall–Kier alpha value is -4.36. The van der Waals surface area contributed by atoms with Crippen LogP contribution in [0.15, 0.2) is 65.6 Å². The van der Waals surface area contributed by atoms with Crippen LogP contribution < -0.4 is 29.6 Å². The van der Waals surface area contributed by atoms with Crippen molar-refractivity contribution in [2.45, 2.75) is 4.90 Å². The second kappa shape index (κ2) is 9.95. The van der Waals surface area contributed by atoms with Crippen LogP contribution in [0.1, 0.15) is 0 Å². The van der Waals surface area contributed by atoms with E-state index < -0.39 is 40.7 Å². The lowest BCUT2D eigenvalue weighted by atomic mass is 10.2. The maximum atomic E-state index is 13.4. The zero-order valence-corrected chi connectivity index (χ0v) is 19.9. The van der Waals surface area contributed by atoms with Gasteiger partial charge in [-0.2, -0.15) is 4.31 Å². The van der Waals surface area contributed by atoms with Crippen molar-refractivity contribution in [1.82, 2.24) is 4.31 Å². The Morgan fingerprint density at radius 3 is 1.68 bits per heavy atom. The van der Waals surface area contributed by atoms with Crippen LogP contribution in [0.4, 0.5) is 15.8 Å². The van der Waals surface area contributed by atoms with E-state index in [1.165, 1.54) is 12.1 Å². The fourth-order valence-electron chi connectivity index (χ4n) is 3.65. The number of sulfonamides is 1. The molecule has 0 spiro atoms. The summed E-state index contributed by atoms with van der Waals surface area (Å²) in [7, 11) is -4.36. The highest BCUT2D eigenvalue weighted by molar-refractivity contribution is 7.89. The molecule has 2 N–H and O–H groups in total. The van der Waals surface area contributed by atoms with Gasteiger partial charge in [0.05, 0.1) is 18.0 Å². The molecule has 2 aliphatic heterocycles. The summed E-state index contributed by atoms with van der Waals surface area (Å²) in [6.45, 7) is -1.28. The van der Waals surface area contributed by atoms with Crippen LogP contribution in [0.3, 0.4) is 0 Å². The Kier molecular flexibility index (Phi) is 6.54. The molecule has 0 radical (unpaired) electrons. The summed E-state index contributed by atoms with van der Waals surface area (Å²) in [5.41, 5.74) is 0.691. The molecule has 0 atom stereocenters. The predicted molar refractivity (Wildman–Crippen MR) is 128 cm³/mol. The van der Waals surface area contributed by atoms with Crippen molar-refractivity contribution in [3.63, 3.8) is 0 Å². The SMILES string of the molecule is O=C(CN(CC(=O)Nc1ccc2c(c1)OCO2)S(=O)(=O)c1ccc(F)cc1)Nc1ccc2c(c1)OCO2. The minimum absolute atomic E-state index is 0.0505. The molecule has 13 heteroatoms. The van der Waals surface area contributed by atoms with Crippen LogP contribution in [0.2, 0.25) is 0 Å². The largest absolute Gasteiger partial charge is 0.454 e. The minimum Gasteiger partial charge on any atom is -0.454 e. The third-order valence-corrected chi connectivity index (χ3v) is 7.21. The van der Waals surface area contributed by atoms with E-state index in [9.17, 15) is 22.4 Å². The van der Waals surface area contributed by atoms with E-state index in [1.54, 1.807) is 24.3 Å². The molecule has 192 valence electrons. The van der Waals surface area contributed by atoms with Crippen molar-refractivity contribution in [2.24, 2.45) is 0 Å². The highest BCUT2D eigenvalue weighted by Gasteiger charge is 2.29. The van der Waals surface area contributed by atoms with Gasteiger partial charge in [0.25, 0.3) is 0 Å². The van der Waals surface area contributed by atoms with Crippen molar-refractivity contribution >= 4 is 33.2 Å². The van der Waals surface area contributed by atoms with Crippen molar-refractivity contribution in [3.05, 3.63) is 66.5 Å². The van der Waals surface area contributed by atoms with E-state index in [-0.39, 0.29) is 18.5 Å². The van der Waals surface area contributed by atoms with Gasteiger partial charge in [0, 0.05) is 23.5 Å². The topological polar surface area (TPSA) is 132 Å². The number of benzene rings is 3. The Morgan fingerprint density at radius 1 is 0.730 bits per heavy atom. The summed E-state index contributed by atoms with van der Waals surface area (Å²) >= 11 is 0. The Labute approximate surface area is 210 Å². The number of hydrogen-bond donors (Lipinski definition) is 2. The second-order valence-electron chi connectivity index (χ2n) is 7.96. The van der Waals surface area contributed by atoms with E-state index in [0.29, 0.717) is 38.7 Å². The first-order chi connectivity index (χ1) is 17.8. The van der Waals surface area contributed by atoms with Gasteiger partial charge in [-0.1, -0.05) is 0 Å². The lowest BCUT2D eigenvalue weighted by molar-refractivity contribution is -0.118. The molecule has 0 aliphatic carbocycles. The highest BCUT2D eigenvalue weighted by Crippen LogP contribution is 2.35. The van der Waals surface area contributed by atoms with E-state index in [1.807, 2.05) is 0 Å². The van der Waals surface area contributed by atoms with Gasteiger partial charge in [0.15, 0.2) is 23.0 Å². The van der Waals surface area contributed by atoms with Gasteiger partial charge in [-0.15, -0.1) is 0 Å². The Balaban J connectivity index is 1.33. The molecule has 2 aliphatic rings. The maximum Gasteiger partial charge on any atom is 0.244 e. The number of hydrogen-bond acceptors (Lipinski definition) is 8. The summed E-state index contributed by atoms with van der Waals surface area (Å²) in [5, 5.41) is 5.17. The summed E-state index contributed by atoms with van der Waals surface area (Å²) in [6, 6.07) is 13.5. The molecule has 0 unspecified atom stereocenters. The number of ether oxygens (including phenoxy) is 4. The zero-order valence-electron chi connectivity index (χ0n) is 19.1. The molecule has 3 aromatic rings. The van der Waals surface area contributed by atoms with E-state index in [0.717, 1.165) is 24.3 Å². The van der Waals surface area contributed by atoms with Gasteiger partial charge < -0.3 is 29.6 Å². The maximum absolute atomic E-state index is 13.4. The van der Waals surface area contributed by atoms with E-state index in [4.69, 9.17) is 18.9 Å². The van der Waals surface area contributed by atoms with Crippen molar-refractivity contribution in [3.8, 4) is 23.0 Å². The van der Waals surface area contributed by atoms with Crippen molar-refractivity contribution in [2.75, 3.05) is 37.3 Å². The predicted octanol–water partition coefficient (Wildman–Crippen LogP) is 2.55. The number of amides is 2. The molecular weight excluding hydrogens is 509 g/mol. The van der Waals surface area contributed by atoms with Crippen LogP contribution in [-0.2, 0) is 19.6 Å². The third kappa shape index (κ3) is 5.42. The van der Waals surface area contributed by atoms with Crippen molar-refractivity contribution < 1.29 is 41.3 Å². The average molecular weight is 530 g/mol. The molecule has 5 rings (SSSR count). The number of nitrogens with zero attached hydrogens (tertiary/aromatic N) is 1. The van der Waals surface area contributed by atoms with Crippen LogP contribution in [0.25, 0.3) is 0 Å². The monoisotopic (exact) mass is 529 g/mol. The molecule has 0 bridgehead atoms. The standard InChI is InChI=1S/C24H20FN3O8S/c25-15-1-5-18(6-2-15)37(31,32)28(11-23(29)26-16-3-7-19-21(9-16)35-13-33-19)12-24(30)27-17-4-8-20-22(10-17)36-14-34-20/h1-10H,11-14H2,(H,26,29)(H,27,30). The average Bonchev–Trinajstić information content (AvgIpc) is 3.52. The molecule has 0 aromatic heterocycles. The number of carbonyl (C=O) groups is 2. The number of anilines is 2. The summed E-state index contributed by atoms with van der Waals surface area (Å²) < 4.78 is 61.7. The number of nitrogens with one attached hydrogen (secondary N) is 2. The lowest BCUT2D eigenvalue weighted by Gasteiger charge is -2.21. The molecule has 0 fully saturated rings. The molecule has 0 saturated heterocycles. The number of fused-ring (bicyclic) bond motifs is 2. The first-order valence-corrected chi connectivity index (χ1v) is 12.4. The van der Waals surface area contributed by atoms with Crippen LogP contribution in [-0.4, -0.2) is 51.2 Å². The van der Waals surface area contributed by atoms with Gasteiger partial charge in [-0.05, 0) is 48.5 Å². The number of rotatable bonds is 8. The molecule has 2 heterocycles. The minimum atomic E-state index is -4.36. The summed E-state index contributed by atoms with van der Waals surface area (Å²) in [6.07, 6.45) is 0. The quantitative estimate of drug-likeness (QED) is 0.455. The lowest BCUT2D eigenvalue weighted by Crippen LogP contribution is -2.42. The van der Waals surface area contributed by atoms with Gasteiger partial charge >= 0.3 is 0 Å². The van der Waals surface area contributed by atoms with Crippen LogP contribution >= 0.6 is 0 Å². The van der Waals surface area contributed by atoms with Gasteiger partial charge in [0.1, 0.15) is 5.82 Å². The smallest absolute Gasteiger partial charge is 0.244 e. The van der Waals surface area contributed by atoms with Gasteiger partial charge in [-0.3, -0.25) is 9.59 Å². The highest BCUT2D eigenvalue weighted by atomic mass is 32.2. The normalized spacial score (nSPS) is 13.5. The molecule has 11 nitrogen and oxygen atoms in total. The molecule has 0 saturated carbocycles. The number of carbonyl (C=O) groups excluding carboxylic acids is 2. The molecular formula is C24H20FN3O8S. The summed E-state index contributed by atoms with van der Waals surface area (Å²) in [5.74, 6) is -0.168. The fourth-order valence-corrected chi connectivity index (χ4v) is 5.00. The van der Waals surface area contributed by atoms with Crippen LogP contribution in [0.5, 0.6) is 23.0 Å². The molecule has 3 aromatic carbocycles.